The van der Waals surface area contributed by atoms with Gasteiger partial charge in [0, 0.05) is 23.5 Å². The third-order valence-electron chi connectivity index (χ3n) is 3.80. The average molecular weight is 273 g/mol. The highest BCUT2D eigenvalue weighted by Crippen LogP contribution is 2.28. The Labute approximate surface area is 118 Å². The van der Waals surface area contributed by atoms with Gasteiger partial charge in [-0.25, -0.2) is 0 Å². The van der Waals surface area contributed by atoms with E-state index in [0.29, 0.717) is 19.0 Å². The highest BCUT2D eigenvalue weighted by Gasteiger charge is 2.32. The highest BCUT2D eigenvalue weighted by atomic mass is 16.3. The highest BCUT2D eigenvalue weighted by molar-refractivity contribution is 5.88. The van der Waals surface area contributed by atoms with Crippen LogP contribution in [0.3, 0.4) is 0 Å². The molecule has 0 atom stereocenters. The number of nitrogens with zero attached hydrogens (tertiary/aromatic N) is 1. The molecule has 0 bridgehead atoms. The standard InChI is InChI=1S/C16H19NO3/c1-11-2-5-14-12(10-20-15(14)8-11)9-16(19)17(6-7-18)13-3-4-13/h2,5,8,10,13,18H,3-4,6-7,9H2,1H3. The number of carbonyl (C=O) groups is 1. The molecule has 3 rings (SSSR count). The van der Waals surface area contributed by atoms with E-state index in [1.165, 1.54) is 0 Å². The maximum absolute atomic E-state index is 12.4. The molecule has 0 unspecified atom stereocenters. The number of aliphatic hydroxyl groups excluding tert-OH is 1. The van der Waals surface area contributed by atoms with Gasteiger partial charge in [0.05, 0.1) is 19.3 Å². The van der Waals surface area contributed by atoms with E-state index < -0.39 is 0 Å². The Balaban J connectivity index is 1.79. The van der Waals surface area contributed by atoms with Crippen molar-refractivity contribution in [2.45, 2.75) is 32.2 Å². The Kier molecular flexibility index (Phi) is 3.49. The molecular formula is C16H19NO3. The Morgan fingerprint density at radius 1 is 1.45 bits per heavy atom. The predicted molar refractivity (Wildman–Crippen MR) is 76.5 cm³/mol. The van der Waals surface area contributed by atoms with Crippen LogP contribution in [-0.2, 0) is 11.2 Å². The minimum absolute atomic E-state index is 0.0214. The van der Waals surface area contributed by atoms with Crippen LogP contribution < -0.4 is 0 Å². The summed E-state index contributed by atoms with van der Waals surface area (Å²) >= 11 is 0. The molecule has 1 aromatic carbocycles. The van der Waals surface area contributed by atoms with Gasteiger partial charge < -0.3 is 14.4 Å². The molecule has 20 heavy (non-hydrogen) atoms. The Bertz CT molecular complexity index is 628. The van der Waals surface area contributed by atoms with Gasteiger partial charge in [0.1, 0.15) is 5.58 Å². The van der Waals surface area contributed by atoms with Crippen LogP contribution in [0.2, 0.25) is 0 Å². The van der Waals surface area contributed by atoms with Gasteiger partial charge in [-0.1, -0.05) is 12.1 Å². The number of hydrogen-bond acceptors (Lipinski definition) is 3. The van der Waals surface area contributed by atoms with Gasteiger partial charge in [0.25, 0.3) is 0 Å². The van der Waals surface area contributed by atoms with Gasteiger partial charge in [0.15, 0.2) is 0 Å². The van der Waals surface area contributed by atoms with Gasteiger partial charge in [-0.05, 0) is 31.4 Å². The molecule has 1 aromatic heterocycles. The van der Waals surface area contributed by atoms with E-state index in [4.69, 9.17) is 9.52 Å². The van der Waals surface area contributed by atoms with Crippen molar-refractivity contribution in [3.8, 4) is 0 Å². The predicted octanol–water partition coefficient (Wildman–Crippen LogP) is 2.27. The number of aryl methyl sites for hydroxylation is 1. The molecule has 1 amide bonds. The Morgan fingerprint density at radius 3 is 2.95 bits per heavy atom. The summed E-state index contributed by atoms with van der Waals surface area (Å²) in [5.74, 6) is 0.0739. The zero-order chi connectivity index (χ0) is 14.1. The number of benzene rings is 1. The molecule has 106 valence electrons. The molecule has 0 spiro atoms. The van der Waals surface area contributed by atoms with Crippen molar-refractivity contribution < 1.29 is 14.3 Å². The number of amides is 1. The van der Waals surface area contributed by atoms with Gasteiger partial charge in [-0.2, -0.15) is 0 Å². The third kappa shape index (κ3) is 2.56. The average Bonchev–Trinajstić information content (AvgIpc) is 3.19. The van der Waals surface area contributed by atoms with Crippen LogP contribution in [0.25, 0.3) is 11.0 Å². The number of furan rings is 1. The molecule has 1 aliphatic rings. The summed E-state index contributed by atoms with van der Waals surface area (Å²) in [7, 11) is 0. The molecule has 0 saturated heterocycles. The van der Waals surface area contributed by atoms with Crippen molar-refractivity contribution in [2.24, 2.45) is 0 Å². The Morgan fingerprint density at radius 2 is 2.25 bits per heavy atom. The number of rotatable bonds is 5. The van der Waals surface area contributed by atoms with Crippen molar-refractivity contribution in [1.82, 2.24) is 4.90 Å². The fraction of sp³-hybridized carbons (Fsp3) is 0.438. The zero-order valence-corrected chi connectivity index (χ0v) is 11.6. The molecule has 1 N–H and O–H groups in total. The summed E-state index contributed by atoms with van der Waals surface area (Å²) in [5, 5.41) is 10.1. The van der Waals surface area contributed by atoms with Crippen LogP contribution in [0.4, 0.5) is 0 Å². The van der Waals surface area contributed by atoms with Crippen molar-refractivity contribution in [3.05, 3.63) is 35.6 Å². The number of fused-ring (bicyclic) bond motifs is 1. The van der Waals surface area contributed by atoms with Crippen LogP contribution in [0, 0.1) is 6.92 Å². The Hall–Kier alpha value is -1.81. The van der Waals surface area contributed by atoms with Crippen LogP contribution in [0.1, 0.15) is 24.0 Å². The summed E-state index contributed by atoms with van der Waals surface area (Å²) in [4.78, 5) is 14.2. The SMILES string of the molecule is Cc1ccc2c(CC(=O)N(CCO)C3CC3)coc2c1. The van der Waals surface area contributed by atoms with Crippen molar-refractivity contribution in [1.29, 1.82) is 0 Å². The monoisotopic (exact) mass is 273 g/mol. The quantitative estimate of drug-likeness (QED) is 0.909. The summed E-state index contributed by atoms with van der Waals surface area (Å²) < 4.78 is 5.53. The molecule has 0 aliphatic heterocycles. The summed E-state index contributed by atoms with van der Waals surface area (Å²) in [6, 6.07) is 6.34. The number of hydrogen-bond donors (Lipinski definition) is 1. The van der Waals surface area contributed by atoms with Gasteiger partial charge in [-0.15, -0.1) is 0 Å². The fourth-order valence-electron chi connectivity index (χ4n) is 2.60. The zero-order valence-electron chi connectivity index (χ0n) is 11.6. The topological polar surface area (TPSA) is 53.7 Å². The van der Waals surface area contributed by atoms with E-state index in [-0.39, 0.29) is 12.5 Å². The molecule has 0 radical (unpaired) electrons. The largest absolute Gasteiger partial charge is 0.464 e. The molecule has 1 fully saturated rings. The number of aliphatic hydroxyl groups is 1. The van der Waals surface area contributed by atoms with E-state index in [9.17, 15) is 4.79 Å². The van der Waals surface area contributed by atoms with E-state index in [0.717, 1.165) is 34.9 Å². The second-order valence-corrected chi connectivity index (χ2v) is 5.48. The lowest BCUT2D eigenvalue weighted by atomic mass is 10.1. The van der Waals surface area contributed by atoms with Gasteiger partial charge >= 0.3 is 0 Å². The second-order valence-electron chi connectivity index (χ2n) is 5.48. The van der Waals surface area contributed by atoms with Crippen LogP contribution >= 0.6 is 0 Å². The maximum Gasteiger partial charge on any atom is 0.227 e. The lowest BCUT2D eigenvalue weighted by molar-refractivity contribution is -0.131. The van der Waals surface area contributed by atoms with Crippen LogP contribution in [-0.4, -0.2) is 35.1 Å². The van der Waals surface area contributed by atoms with Crippen molar-refractivity contribution in [2.75, 3.05) is 13.2 Å². The minimum atomic E-state index is 0.0214. The molecule has 1 heterocycles. The smallest absolute Gasteiger partial charge is 0.227 e. The van der Waals surface area contributed by atoms with Crippen molar-refractivity contribution in [3.63, 3.8) is 0 Å². The van der Waals surface area contributed by atoms with Crippen molar-refractivity contribution >= 4 is 16.9 Å². The molecule has 1 saturated carbocycles. The fourth-order valence-corrected chi connectivity index (χ4v) is 2.60. The third-order valence-corrected chi connectivity index (χ3v) is 3.80. The summed E-state index contributed by atoms with van der Waals surface area (Å²) in [6.07, 6.45) is 4.12. The van der Waals surface area contributed by atoms with E-state index in [1.54, 1.807) is 11.2 Å². The number of carbonyl (C=O) groups excluding carboxylic acids is 1. The van der Waals surface area contributed by atoms with Crippen LogP contribution in [0.15, 0.2) is 28.9 Å². The van der Waals surface area contributed by atoms with E-state index >= 15 is 0 Å². The summed E-state index contributed by atoms with van der Waals surface area (Å²) in [6.45, 7) is 2.47. The van der Waals surface area contributed by atoms with Crippen LogP contribution in [0.5, 0.6) is 0 Å². The van der Waals surface area contributed by atoms with Gasteiger partial charge in [0.2, 0.25) is 5.91 Å². The lowest BCUT2D eigenvalue weighted by Crippen LogP contribution is -2.36. The van der Waals surface area contributed by atoms with E-state index in [2.05, 4.69) is 0 Å². The molecule has 4 heteroatoms. The normalized spacial score (nSPS) is 14.7. The molecule has 1 aliphatic carbocycles. The molecule has 2 aromatic rings. The first-order valence-electron chi connectivity index (χ1n) is 7.06. The first-order valence-corrected chi connectivity index (χ1v) is 7.06. The molecule has 4 nitrogen and oxygen atoms in total. The second kappa shape index (κ2) is 5.29. The minimum Gasteiger partial charge on any atom is -0.464 e. The first-order chi connectivity index (χ1) is 9.69. The first kappa shape index (κ1) is 13.2. The summed E-state index contributed by atoms with van der Waals surface area (Å²) in [5.41, 5.74) is 2.89. The van der Waals surface area contributed by atoms with Gasteiger partial charge in [-0.3, -0.25) is 4.79 Å². The van der Waals surface area contributed by atoms with E-state index in [1.807, 2.05) is 25.1 Å². The molecular weight excluding hydrogens is 254 g/mol. The maximum atomic E-state index is 12.4. The lowest BCUT2D eigenvalue weighted by Gasteiger charge is -2.21.